The summed E-state index contributed by atoms with van der Waals surface area (Å²) in [6.45, 7) is -1.24. The predicted molar refractivity (Wildman–Crippen MR) is 51.0 cm³/mol. The van der Waals surface area contributed by atoms with Gasteiger partial charge in [0.25, 0.3) is 11.6 Å². The minimum Gasteiger partial charge on any atom is -0.325 e. The molecule has 0 unspecified atom stereocenters. The number of hydrogen-bond donors (Lipinski definition) is 1. The van der Waals surface area contributed by atoms with Crippen LogP contribution in [0.15, 0.2) is 18.2 Å². The largest absolute Gasteiger partial charge is 0.416 e. The van der Waals surface area contributed by atoms with Crippen LogP contribution in [0, 0.1) is 10.1 Å². The van der Waals surface area contributed by atoms with Crippen molar-refractivity contribution >= 4 is 5.69 Å². The Morgan fingerprint density at radius 1 is 1.11 bits per heavy atom. The zero-order valence-corrected chi connectivity index (χ0v) is 8.67. The molecule has 0 heterocycles. The first-order valence-corrected chi connectivity index (χ1v) is 4.53. The highest BCUT2D eigenvalue weighted by atomic mass is 19.4. The first kappa shape index (κ1) is 14.3. The lowest BCUT2D eigenvalue weighted by Gasteiger charge is -2.16. The van der Waals surface area contributed by atoms with Gasteiger partial charge in [-0.2, -0.15) is 22.0 Å². The Kier molecular flexibility index (Phi) is 3.56. The van der Waals surface area contributed by atoms with Gasteiger partial charge in [-0.3, -0.25) is 10.1 Å². The molecule has 0 aliphatic rings. The minimum atomic E-state index is -4.95. The summed E-state index contributed by atoms with van der Waals surface area (Å²) in [5.41, 5.74) is 1.01. The SMILES string of the molecule is NCC(F)(F)c1cc([N+](=O)[O-])cc(C(F)(F)F)c1. The van der Waals surface area contributed by atoms with E-state index in [1.165, 1.54) is 0 Å². The third-order valence-corrected chi connectivity index (χ3v) is 2.13. The molecule has 0 radical (unpaired) electrons. The topological polar surface area (TPSA) is 69.2 Å². The maximum atomic E-state index is 13.2. The lowest BCUT2D eigenvalue weighted by Crippen LogP contribution is -2.25. The van der Waals surface area contributed by atoms with E-state index in [0.717, 1.165) is 0 Å². The third-order valence-electron chi connectivity index (χ3n) is 2.13. The Labute approximate surface area is 97.3 Å². The van der Waals surface area contributed by atoms with E-state index >= 15 is 0 Å². The molecule has 2 N–H and O–H groups in total. The zero-order valence-electron chi connectivity index (χ0n) is 8.67. The molecule has 0 aliphatic carbocycles. The maximum Gasteiger partial charge on any atom is 0.416 e. The van der Waals surface area contributed by atoms with Crippen LogP contribution in [-0.4, -0.2) is 11.5 Å². The van der Waals surface area contributed by atoms with Crippen molar-refractivity contribution in [3.8, 4) is 0 Å². The summed E-state index contributed by atoms with van der Waals surface area (Å²) < 4.78 is 63.6. The van der Waals surface area contributed by atoms with Gasteiger partial charge in [-0.15, -0.1) is 0 Å². The van der Waals surface area contributed by atoms with Crippen LogP contribution in [0.1, 0.15) is 11.1 Å². The molecular formula is C9H7F5N2O2. The first-order chi connectivity index (χ1) is 8.08. The number of rotatable bonds is 3. The fourth-order valence-corrected chi connectivity index (χ4v) is 1.21. The summed E-state index contributed by atoms with van der Waals surface area (Å²) in [5, 5.41) is 10.4. The molecule has 0 fully saturated rings. The van der Waals surface area contributed by atoms with Crippen LogP contribution in [0.5, 0.6) is 0 Å². The number of benzene rings is 1. The Hall–Kier alpha value is -1.77. The fraction of sp³-hybridized carbons (Fsp3) is 0.333. The standard InChI is InChI=1S/C9H7F5N2O2/c10-8(11,4-15)5-1-6(9(12,13)14)3-7(2-5)16(17)18/h1-3H,4,15H2. The minimum absolute atomic E-state index is 0.153. The number of alkyl halides is 5. The molecule has 0 bridgehead atoms. The highest BCUT2D eigenvalue weighted by molar-refractivity contribution is 5.42. The van der Waals surface area contributed by atoms with Crippen molar-refractivity contribution in [2.45, 2.75) is 12.1 Å². The lowest BCUT2D eigenvalue weighted by atomic mass is 10.0. The van der Waals surface area contributed by atoms with E-state index in [0.29, 0.717) is 6.07 Å². The predicted octanol–water partition coefficient (Wildman–Crippen LogP) is 2.66. The van der Waals surface area contributed by atoms with Gasteiger partial charge in [-0.1, -0.05) is 0 Å². The number of nitro groups is 1. The van der Waals surface area contributed by atoms with Gasteiger partial charge in [-0.05, 0) is 6.07 Å². The highest BCUT2D eigenvalue weighted by Crippen LogP contribution is 2.36. The van der Waals surface area contributed by atoms with Gasteiger partial charge in [0.15, 0.2) is 0 Å². The van der Waals surface area contributed by atoms with E-state index in [2.05, 4.69) is 0 Å². The molecule has 0 spiro atoms. The van der Waals surface area contributed by atoms with E-state index in [1.54, 1.807) is 0 Å². The fourth-order valence-electron chi connectivity index (χ4n) is 1.21. The van der Waals surface area contributed by atoms with Crippen LogP contribution in [0.25, 0.3) is 0 Å². The van der Waals surface area contributed by atoms with E-state index in [9.17, 15) is 32.1 Å². The summed E-state index contributed by atoms with van der Waals surface area (Å²) in [6.07, 6.45) is -4.95. The second-order valence-electron chi connectivity index (χ2n) is 3.43. The Morgan fingerprint density at radius 2 is 1.61 bits per heavy atom. The monoisotopic (exact) mass is 270 g/mol. The quantitative estimate of drug-likeness (QED) is 0.521. The molecule has 1 aromatic rings. The van der Waals surface area contributed by atoms with E-state index in [1.807, 2.05) is 0 Å². The molecule has 0 aliphatic heterocycles. The molecule has 9 heteroatoms. The van der Waals surface area contributed by atoms with Crippen LogP contribution < -0.4 is 5.73 Å². The Balaban J connectivity index is 3.46. The zero-order chi connectivity index (χ0) is 14.1. The highest BCUT2D eigenvalue weighted by Gasteiger charge is 2.37. The van der Waals surface area contributed by atoms with Gasteiger partial charge in [0, 0.05) is 17.7 Å². The van der Waals surface area contributed by atoms with Crippen LogP contribution in [-0.2, 0) is 12.1 Å². The van der Waals surface area contributed by atoms with Crippen LogP contribution in [0.3, 0.4) is 0 Å². The number of non-ortho nitro benzene ring substituents is 1. The Morgan fingerprint density at radius 3 is 2.00 bits per heavy atom. The molecule has 1 aromatic carbocycles. The van der Waals surface area contributed by atoms with Crippen molar-refractivity contribution in [2.24, 2.45) is 5.73 Å². The molecule has 0 saturated carbocycles. The number of halogens is 5. The number of nitrogens with two attached hydrogens (primary N) is 1. The van der Waals surface area contributed by atoms with Gasteiger partial charge < -0.3 is 5.73 Å². The van der Waals surface area contributed by atoms with Crippen molar-refractivity contribution in [2.75, 3.05) is 6.54 Å². The number of nitro benzene ring substituents is 1. The van der Waals surface area contributed by atoms with Gasteiger partial charge in [0.2, 0.25) is 0 Å². The second kappa shape index (κ2) is 4.48. The smallest absolute Gasteiger partial charge is 0.325 e. The van der Waals surface area contributed by atoms with E-state index in [4.69, 9.17) is 5.73 Å². The molecule has 18 heavy (non-hydrogen) atoms. The normalized spacial score (nSPS) is 12.6. The van der Waals surface area contributed by atoms with Gasteiger partial charge in [0.05, 0.1) is 17.0 Å². The summed E-state index contributed by atoms with van der Waals surface area (Å²) in [6, 6.07) is 0.720. The number of nitrogens with zero attached hydrogens (tertiary/aromatic N) is 1. The molecule has 0 saturated heterocycles. The summed E-state index contributed by atoms with van der Waals surface area (Å²) in [4.78, 5) is 9.23. The summed E-state index contributed by atoms with van der Waals surface area (Å²) >= 11 is 0. The second-order valence-corrected chi connectivity index (χ2v) is 3.43. The average molecular weight is 270 g/mol. The molecule has 1 rings (SSSR count). The van der Waals surface area contributed by atoms with Crippen LogP contribution >= 0.6 is 0 Å². The van der Waals surface area contributed by atoms with Crippen molar-refractivity contribution in [3.05, 3.63) is 39.4 Å². The van der Waals surface area contributed by atoms with Crippen molar-refractivity contribution in [1.82, 2.24) is 0 Å². The molecule has 4 nitrogen and oxygen atoms in total. The molecular weight excluding hydrogens is 263 g/mol. The van der Waals surface area contributed by atoms with E-state index in [-0.39, 0.29) is 12.1 Å². The summed E-state index contributed by atoms with van der Waals surface area (Å²) in [7, 11) is 0. The third kappa shape index (κ3) is 2.92. The molecule has 100 valence electrons. The van der Waals surface area contributed by atoms with Crippen LogP contribution in [0.4, 0.5) is 27.6 Å². The van der Waals surface area contributed by atoms with Gasteiger partial charge >= 0.3 is 6.18 Å². The van der Waals surface area contributed by atoms with Crippen molar-refractivity contribution in [3.63, 3.8) is 0 Å². The van der Waals surface area contributed by atoms with Gasteiger partial charge in [0.1, 0.15) is 0 Å². The maximum absolute atomic E-state index is 13.2. The average Bonchev–Trinajstić information content (AvgIpc) is 2.27. The number of hydrogen-bond acceptors (Lipinski definition) is 3. The first-order valence-electron chi connectivity index (χ1n) is 4.53. The molecule has 0 aromatic heterocycles. The van der Waals surface area contributed by atoms with E-state index < -0.39 is 40.4 Å². The molecule has 0 atom stereocenters. The summed E-state index contributed by atoms with van der Waals surface area (Å²) in [5.74, 6) is -3.76. The lowest BCUT2D eigenvalue weighted by molar-refractivity contribution is -0.385. The van der Waals surface area contributed by atoms with Crippen molar-refractivity contribution < 1.29 is 26.9 Å². The van der Waals surface area contributed by atoms with Crippen molar-refractivity contribution in [1.29, 1.82) is 0 Å². The van der Waals surface area contributed by atoms with Crippen LogP contribution in [0.2, 0.25) is 0 Å². The molecule has 0 amide bonds. The Bertz CT molecular complexity index is 473. The van der Waals surface area contributed by atoms with Gasteiger partial charge in [-0.25, -0.2) is 0 Å².